The molecule has 27 heavy (non-hydrogen) atoms. The largest absolute Gasteiger partial charge is 0.349 e. The maximum Gasteiger partial charge on any atom is 0.105 e. The molecule has 3 aromatic rings. The van der Waals surface area contributed by atoms with Gasteiger partial charge in [-0.05, 0) is 31.4 Å². The third kappa shape index (κ3) is 3.09. The van der Waals surface area contributed by atoms with E-state index >= 15 is 0 Å². The van der Waals surface area contributed by atoms with Crippen LogP contribution < -0.4 is 0 Å². The van der Waals surface area contributed by atoms with E-state index in [1.54, 1.807) is 0 Å². The van der Waals surface area contributed by atoms with Gasteiger partial charge in [-0.25, -0.2) is 4.98 Å². The summed E-state index contributed by atoms with van der Waals surface area (Å²) in [6.07, 6.45) is 6.43. The Balaban J connectivity index is 1.80. The summed E-state index contributed by atoms with van der Waals surface area (Å²) in [4.78, 5) is 10.0. The molecule has 0 saturated heterocycles. The van der Waals surface area contributed by atoms with Crippen molar-refractivity contribution in [2.45, 2.75) is 58.3 Å². The number of hydrogen-bond donors (Lipinski definition) is 0. The van der Waals surface area contributed by atoms with Crippen molar-refractivity contribution in [3.05, 3.63) is 59.7 Å². The minimum absolute atomic E-state index is 0.0683. The fraction of sp³-hybridized carbons (Fsp3) is 0.417. The number of fused-ring (bicyclic) bond motifs is 1. The first-order chi connectivity index (χ1) is 12.7. The van der Waals surface area contributed by atoms with Crippen LogP contribution in [-0.2, 0) is 17.9 Å². The maximum absolute atomic E-state index is 5.13. The van der Waals surface area contributed by atoms with Gasteiger partial charge in [0.1, 0.15) is 5.69 Å². The Morgan fingerprint density at radius 1 is 0.889 bits per heavy atom. The molecule has 0 atom stereocenters. The van der Waals surface area contributed by atoms with E-state index in [-0.39, 0.29) is 10.8 Å². The van der Waals surface area contributed by atoms with Gasteiger partial charge < -0.3 is 4.57 Å². The molecule has 1 aliphatic carbocycles. The molecular formula is C24H29N3. The molecule has 2 aromatic heterocycles. The molecule has 1 aromatic carbocycles. The second-order valence-electron chi connectivity index (χ2n) is 9.31. The number of rotatable bonds is 2. The van der Waals surface area contributed by atoms with Crippen LogP contribution in [0.2, 0.25) is 0 Å². The minimum atomic E-state index is 0.0683. The molecule has 0 unspecified atom stereocenters. The molecule has 0 saturated carbocycles. The quantitative estimate of drug-likeness (QED) is 0.578. The lowest BCUT2D eigenvalue weighted by Crippen LogP contribution is -2.36. The van der Waals surface area contributed by atoms with Gasteiger partial charge in [-0.1, -0.05) is 57.5 Å². The van der Waals surface area contributed by atoms with Crippen LogP contribution in [0.5, 0.6) is 0 Å². The first-order valence-electron chi connectivity index (χ1n) is 9.79. The molecule has 0 radical (unpaired) electrons. The molecule has 4 rings (SSSR count). The van der Waals surface area contributed by atoms with Gasteiger partial charge in [0.2, 0.25) is 0 Å². The monoisotopic (exact) mass is 359 g/mol. The average Bonchev–Trinajstić information content (AvgIpc) is 3.01. The third-order valence-corrected chi connectivity index (χ3v) is 6.08. The van der Waals surface area contributed by atoms with E-state index in [9.17, 15) is 0 Å². The molecule has 0 N–H and O–H groups in total. The number of aryl methyl sites for hydroxylation is 2. The Kier molecular flexibility index (Phi) is 4.03. The molecule has 0 fully saturated rings. The normalized spacial score (nSPS) is 17.6. The number of hydrogen-bond acceptors (Lipinski definition) is 2. The lowest BCUT2D eigenvalue weighted by Gasteiger charge is -2.39. The molecular weight excluding hydrogens is 330 g/mol. The van der Waals surface area contributed by atoms with Crippen LogP contribution in [0.3, 0.4) is 0 Å². The van der Waals surface area contributed by atoms with Gasteiger partial charge in [-0.2, -0.15) is 0 Å². The Morgan fingerprint density at radius 2 is 1.52 bits per heavy atom. The van der Waals surface area contributed by atoms with E-state index < -0.39 is 0 Å². The van der Waals surface area contributed by atoms with E-state index in [0.717, 1.165) is 35.6 Å². The van der Waals surface area contributed by atoms with Crippen LogP contribution in [0, 0.1) is 6.92 Å². The molecule has 2 heterocycles. The van der Waals surface area contributed by atoms with Crippen molar-refractivity contribution in [1.82, 2.24) is 14.5 Å². The van der Waals surface area contributed by atoms with Crippen LogP contribution in [0.4, 0.5) is 0 Å². The van der Waals surface area contributed by atoms with Gasteiger partial charge in [-0.15, -0.1) is 0 Å². The lowest BCUT2D eigenvalue weighted by atomic mass is 9.67. The highest BCUT2D eigenvalue weighted by atomic mass is 15.0. The van der Waals surface area contributed by atoms with Crippen molar-refractivity contribution in [2.24, 2.45) is 7.05 Å². The Hall–Kier alpha value is -2.42. The lowest BCUT2D eigenvalue weighted by molar-refractivity contribution is 0.314. The van der Waals surface area contributed by atoms with Crippen LogP contribution in [-0.4, -0.2) is 14.5 Å². The van der Waals surface area contributed by atoms with E-state index in [4.69, 9.17) is 9.97 Å². The van der Waals surface area contributed by atoms with E-state index in [0.29, 0.717) is 0 Å². The van der Waals surface area contributed by atoms with Crippen LogP contribution in [0.25, 0.3) is 22.5 Å². The standard InChI is InChI=1S/C24H29N3/c1-16-7-9-17(10-8-16)18-13-20(27(6)15-18)19-14-25-21-22(26-19)24(4,5)12-11-23(21,2)3/h7-10,13-15H,11-12H2,1-6H3. The van der Waals surface area contributed by atoms with Gasteiger partial charge in [0.05, 0.1) is 23.3 Å². The van der Waals surface area contributed by atoms with Crippen LogP contribution in [0.15, 0.2) is 42.7 Å². The summed E-state index contributed by atoms with van der Waals surface area (Å²) in [5.74, 6) is 0. The first-order valence-corrected chi connectivity index (χ1v) is 9.79. The molecule has 3 heteroatoms. The second-order valence-corrected chi connectivity index (χ2v) is 9.31. The smallest absolute Gasteiger partial charge is 0.105 e. The summed E-state index contributed by atoms with van der Waals surface area (Å²) < 4.78 is 2.16. The predicted molar refractivity (Wildman–Crippen MR) is 112 cm³/mol. The van der Waals surface area contributed by atoms with Crippen LogP contribution >= 0.6 is 0 Å². The predicted octanol–water partition coefficient (Wildman–Crippen LogP) is 5.81. The number of aromatic nitrogens is 3. The Labute approximate surface area is 162 Å². The van der Waals surface area contributed by atoms with Crippen molar-refractivity contribution in [2.75, 3.05) is 0 Å². The molecule has 140 valence electrons. The fourth-order valence-electron chi connectivity index (χ4n) is 4.06. The summed E-state index contributed by atoms with van der Waals surface area (Å²) in [5, 5.41) is 0. The summed E-state index contributed by atoms with van der Waals surface area (Å²) in [6, 6.07) is 10.9. The van der Waals surface area contributed by atoms with Crippen molar-refractivity contribution < 1.29 is 0 Å². The minimum Gasteiger partial charge on any atom is -0.349 e. The molecule has 1 aliphatic rings. The Bertz CT molecular complexity index is 991. The van der Waals surface area contributed by atoms with Gasteiger partial charge in [0.15, 0.2) is 0 Å². The summed E-state index contributed by atoms with van der Waals surface area (Å²) in [5.41, 5.74) is 8.28. The number of benzene rings is 1. The van der Waals surface area contributed by atoms with E-state index in [1.807, 2.05) is 6.20 Å². The summed E-state index contributed by atoms with van der Waals surface area (Å²) in [6.45, 7) is 11.3. The van der Waals surface area contributed by atoms with E-state index in [2.05, 4.69) is 82.8 Å². The highest BCUT2D eigenvalue weighted by molar-refractivity contribution is 5.70. The SMILES string of the molecule is Cc1ccc(-c2cc(-c3cnc4c(n3)C(C)(C)CCC4(C)C)n(C)c2)cc1. The van der Waals surface area contributed by atoms with Gasteiger partial charge in [0, 0.05) is 29.6 Å². The topological polar surface area (TPSA) is 30.7 Å². The van der Waals surface area contributed by atoms with Crippen LogP contribution in [0.1, 0.15) is 57.5 Å². The first kappa shape index (κ1) is 18.0. The molecule has 0 bridgehead atoms. The summed E-state index contributed by atoms with van der Waals surface area (Å²) in [7, 11) is 2.09. The second kappa shape index (κ2) is 6.05. The summed E-state index contributed by atoms with van der Waals surface area (Å²) >= 11 is 0. The fourth-order valence-corrected chi connectivity index (χ4v) is 4.06. The molecule has 0 amide bonds. The maximum atomic E-state index is 5.13. The van der Waals surface area contributed by atoms with Crippen molar-refractivity contribution in [1.29, 1.82) is 0 Å². The van der Waals surface area contributed by atoms with Crippen molar-refractivity contribution in [3.8, 4) is 22.5 Å². The zero-order valence-electron chi connectivity index (χ0n) is 17.3. The molecule has 3 nitrogen and oxygen atoms in total. The average molecular weight is 360 g/mol. The molecule has 0 spiro atoms. The van der Waals surface area contributed by atoms with Crippen molar-refractivity contribution in [3.63, 3.8) is 0 Å². The number of nitrogens with zero attached hydrogens (tertiary/aromatic N) is 3. The molecule has 0 aliphatic heterocycles. The Morgan fingerprint density at radius 3 is 2.19 bits per heavy atom. The van der Waals surface area contributed by atoms with Gasteiger partial charge in [0.25, 0.3) is 0 Å². The highest BCUT2D eigenvalue weighted by Gasteiger charge is 2.39. The van der Waals surface area contributed by atoms with Gasteiger partial charge in [-0.3, -0.25) is 4.98 Å². The zero-order chi connectivity index (χ0) is 19.4. The third-order valence-electron chi connectivity index (χ3n) is 6.08. The van der Waals surface area contributed by atoms with Gasteiger partial charge >= 0.3 is 0 Å². The zero-order valence-corrected chi connectivity index (χ0v) is 17.3. The highest BCUT2D eigenvalue weighted by Crippen LogP contribution is 2.44. The van der Waals surface area contributed by atoms with Crippen molar-refractivity contribution >= 4 is 0 Å². The van der Waals surface area contributed by atoms with E-state index in [1.165, 1.54) is 16.7 Å².